The van der Waals surface area contributed by atoms with E-state index in [0.717, 1.165) is 12.1 Å². The van der Waals surface area contributed by atoms with E-state index < -0.39 is 41.1 Å². The minimum Gasteiger partial charge on any atom is -0.494 e. The van der Waals surface area contributed by atoms with E-state index in [4.69, 9.17) is 10.2 Å². The number of hydrogen-bond donors (Lipinski definition) is 2. The summed E-state index contributed by atoms with van der Waals surface area (Å²) in [7, 11) is 1.21. The molecule has 0 aliphatic rings. The van der Waals surface area contributed by atoms with Crippen LogP contribution in [0.5, 0.6) is 5.75 Å². The van der Waals surface area contributed by atoms with Crippen molar-refractivity contribution in [2.24, 2.45) is 5.92 Å². The lowest BCUT2D eigenvalue weighted by atomic mass is 9.86. The van der Waals surface area contributed by atoms with Crippen LogP contribution in [0.4, 0.5) is 4.39 Å². The van der Waals surface area contributed by atoms with Gasteiger partial charge < -0.3 is 14.9 Å². The Kier molecular flexibility index (Phi) is 5.17. The normalized spacial score (nSPS) is 12.0. The van der Waals surface area contributed by atoms with E-state index in [0.29, 0.717) is 0 Å². The zero-order chi connectivity index (χ0) is 16.2. The molecule has 0 heterocycles. The van der Waals surface area contributed by atoms with Crippen molar-refractivity contribution in [3.05, 3.63) is 39.7 Å². The number of carboxylic acid groups (broad SMARTS) is 2. The Morgan fingerprint density at radius 3 is 2.33 bits per heavy atom. The Labute approximate surface area is 117 Å². The molecule has 1 atom stereocenters. The molecule has 0 aliphatic heterocycles. The molecule has 0 aliphatic carbocycles. The average Bonchev–Trinajstić information content (AvgIpc) is 2.36. The molecule has 2 N–H and O–H groups in total. The number of benzene rings is 1. The van der Waals surface area contributed by atoms with Gasteiger partial charge in [0, 0.05) is 4.92 Å². The fourth-order valence-corrected chi connectivity index (χ4v) is 1.93. The predicted molar refractivity (Wildman–Crippen MR) is 66.3 cm³/mol. The first-order valence-corrected chi connectivity index (χ1v) is 5.68. The van der Waals surface area contributed by atoms with Gasteiger partial charge in [-0.3, -0.25) is 19.7 Å². The van der Waals surface area contributed by atoms with Crippen LogP contribution in [0.2, 0.25) is 0 Å². The molecule has 1 aromatic carbocycles. The van der Waals surface area contributed by atoms with Gasteiger partial charge in [-0.15, -0.1) is 0 Å². The molecule has 9 heteroatoms. The van der Waals surface area contributed by atoms with Gasteiger partial charge >= 0.3 is 11.9 Å². The number of methoxy groups -OCH3 is 1. The largest absolute Gasteiger partial charge is 0.494 e. The Balaban J connectivity index is 3.30. The number of aliphatic carboxylic acids is 2. The maximum Gasteiger partial charge on any atom is 0.318 e. The molecule has 0 aromatic heterocycles. The summed E-state index contributed by atoms with van der Waals surface area (Å²) in [6, 6.07) is 3.19. The number of ether oxygens (including phenoxy) is 1. The van der Waals surface area contributed by atoms with E-state index in [1.807, 2.05) is 0 Å². The van der Waals surface area contributed by atoms with Crippen LogP contribution >= 0.6 is 0 Å². The maximum absolute atomic E-state index is 13.6. The van der Waals surface area contributed by atoms with Gasteiger partial charge in [-0.25, -0.2) is 4.39 Å². The van der Waals surface area contributed by atoms with Crippen molar-refractivity contribution >= 4 is 11.9 Å². The third-order valence-corrected chi connectivity index (χ3v) is 2.88. The van der Waals surface area contributed by atoms with Gasteiger partial charge in [0.2, 0.25) is 6.54 Å². The van der Waals surface area contributed by atoms with E-state index in [-0.39, 0.29) is 11.3 Å². The highest BCUT2D eigenvalue weighted by Crippen LogP contribution is 2.29. The molecule has 1 rings (SSSR count). The molecule has 0 unspecified atom stereocenters. The summed E-state index contributed by atoms with van der Waals surface area (Å²) in [6.45, 7) is -0.949. The summed E-state index contributed by atoms with van der Waals surface area (Å²) in [4.78, 5) is 31.8. The molecular formula is C12H12FNO7. The number of carbonyl (C=O) groups is 2. The molecular weight excluding hydrogens is 289 g/mol. The van der Waals surface area contributed by atoms with E-state index in [9.17, 15) is 24.1 Å². The molecule has 1 aromatic rings. The maximum atomic E-state index is 13.6. The molecule has 0 fully saturated rings. The second-order valence-corrected chi connectivity index (χ2v) is 4.17. The molecule has 0 spiro atoms. The first kappa shape index (κ1) is 16.3. The Hall–Kier alpha value is -2.71. The van der Waals surface area contributed by atoms with Crippen molar-refractivity contribution in [2.45, 2.75) is 5.92 Å². The summed E-state index contributed by atoms with van der Waals surface area (Å²) in [5.74, 6) is -8.02. The Morgan fingerprint density at radius 1 is 1.38 bits per heavy atom. The number of halogens is 1. The van der Waals surface area contributed by atoms with Gasteiger partial charge in [-0.2, -0.15) is 0 Å². The standard InChI is InChI=1S/C12H12FNO7/c1-21-9-3-2-6(4-8(9)13)7(5-14(19)20)10(11(15)16)12(17)18/h2-4,7,10H,5H2,1H3,(H,15,16)(H,17,18)/t7-/m0/s1. The van der Waals surface area contributed by atoms with Crippen LogP contribution in [0.15, 0.2) is 18.2 Å². The SMILES string of the molecule is COc1ccc([C@H](C[N+](=O)[O-])C(C(=O)O)C(=O)O)cc1F. The lowest BCUT2D eigenvalue weighted by molar-refractivity contribution is -0.484. The third-order valence-electron chi connectivity index (χ3n) is 2.88. The number of nitro groups is 1. The minimum atomic E-state index is -2.05. The van der Waals surface area contributed by atoms with Crippen molar-refractivity contribution in [3.8, 4) is 5.75 Å². The zero-order valence-corrected chi connectivity index (χ0v) is 10.9. The van der Waals surface area contributed by atoms with Gasteiger partial charge in [0.05, 0.1) is 13.0 Å². The van der Waals surface area contributed by atoms with E-state index in [1.54, 1.807) is 0 Å². The van der Waals surface area contributed by atoms with Gasteiger partial charge in [-0.05, 0) is 17.7 Å². The molecule has 0 saturated heterocycles. The van der Waals surface area contributed by atoms with Crippen molar-refractivity contribution in [2.75, 3.05) is 13.7 Å². The monoisotopic (exact) mass is 301 g/mol. The molecule has 21 heavy (non-hydrogen) atoms. The summed E-state index contributed by atoms with van der Waals surface area (Å²) < 4.78 is 18.3. The van der Waals surface area contributed by atoms with Crippen LogP contribution in [0.1, 0.15) is 11.5 Å². The smallest absolute Gasteiger partial charge is 0.318 e. The van der Waals surface area contributed by atoms with Crippen LogP contribution < -0.4 is 4.74 Å². The molecule has 0 bridgehead atoms. The minimum absolute atomic E-state index is 0.0974. The van der Waals surface area contributed by atoms with E-state index in [1.165, 1.54) is 13.2 Å². The number of carboxylic acids is 2. The Morgan fingerprint density at radius 2 is 1.95 bits per heavy atom. The second kappa shape index (κ2) is 6.64. The molecule has 8 nitrogen and oxygen atoms in total. The highest BCUT2D eigenvalue weighted by atomic mass is 19.1. The van der Waals surface area contributed by atoms with Crippen LogP contribution in [0.3, 0.4) is 0 Å². The average molecular weight is 301 g/mol. The zero-order valence-electron chi connectivity index (χ0n) is 10.9. The highest BCUT2D eigenvalue weighted by molar-refractivity contribution is 5.94. The number of rotatable bonds is 7. The second-order valence-electron chi connectivity index (χ2n) is 4.17. The first-order chi connectivity index (χ1) is 9.77. The summed E-state index contributed by atoms with van der Waals surface area (Å²) in [5, 5.41) is 28.5. The molecule has 0 amide bonds. The first-order valence-electron chi connectivity index (χ1n) is 5.68. The molecule has 0 radical (unpaired) electrons. The molecule has 0 saturated carbocycles. The fourth-order valence-electron chi connectivity index (χ4n) is 1.93. The third kappa shape index (κ3) is 3.88. The highest BCUT2D eigenvalue weighted by Gasteiger charge is 2.39. The fraction of sp³-hybridized carbons (Fsp3) is 0.333. The summed E-state index contributed by atoms with van der Waals surface area (Å²) in [6.07, 6.45) is 0. The number of nitrogens with zero attached hydrogens (tertiary/aromatic N) is 1. The van der Waals surface area contributed by atoms with Crippen LogP contribution in [-0.2, 0) is 9.59 Å². The van der Waals surface area contributed by atoms with Gasteiger partial charge in [-0.1, -0.05) is 6.07 Å². The van der Waals surface area contributed by atoms with Gasteiger partial charge in [0.15, 0.2) is 17.5 Å². The number of hydrogen-bond acceptors (Lipinski definition) is 5. The van der Waals surface area contributed by atoms with Crippen LogP contribution in [-0.4, -0.2) is 40.7 Å². The summed E-state index contributed by atoms with van der Waals surface area (Å²) >= 11 is 0. The topological polar surface area (TPSA) is 127 Å². The van der Waals surface area contributed by atoms with Crippen molar-refractivity contribution in [1.29, 1.82) is 0 Å². The van der Waals surface area contributed by atoms with Crippen LogP contribution in [0.25, 0.3) is 0 Å². The lowest BCUT2D eigenvalue weighted by Gasteiger charge is -2.18. The van der Waals surface area contributed by atoms with Gasteiger partial charge in [0.25, 0.3) is 0 Å². The Bertz CT molecular complexity index is 561. The summed E-state index contributed by atoms with van der Waals surface area (Å²) in [5.41, 5.74) is -0.0974. The van der Waals surface area contributed by atoms with Crippen molar-refractivity contribution in [3.63, 3.8) is 0 Å². The molecule has 114 valence electrons. The van der Waals surface area contributed by atoms with E-state index in [2.05, 4.69) is 4.74 Å². The van der Waals surface area contributed by atoms with Crippen molar-refractivity contribution in [1.82, 2.24) is 0 Å². The van der Waals surface area contributed by atoms with Crippen molar-refractivity contribution < 1.29 is 33.9 Å². The predicted octanol–water partition coefficient (Wildman–Crippen LogP) is 0.980. The van der Waals surface area contributed by atoms with E-state index >= 15 is 0 Å². The lowest BCUT2D eigenvalue weighted by Crippen LogP contribution is -2.33. The van der Waals surface area contributed by atoms with Gasteiger partial charge in [0.1, 0.15) is 0 Å². The quantitative estimate of drug-likeness (QED) is 0.436. The van der Waals surface area contributed by atoms with Crippen LogP contribution in [0, 0.1) is 21.8 Å².